The Bertz CT molecular complexity index is 2910. The highest BCUT2D eigenvalue weighted by Gasteiger charge is 2.41. The third kappa shape index (κ3) is 7.88. The highest BCUT2D eigenvalue weighted by molar-refractivity contribution is 6.07. The molecule has 4 aliphatic rings. The highest BCUT2D eigenvalue weighted by Crippen LogP contribution is 2.55. The number of nitrogens with zero attached hydrogens (tertiary/aromatic N) is 2. The lowest BCUT2D eigenvalue weighted by Gasteiger charge is -2.41. The number of fused-ring (bicyclic) bond motifs is 5. The molecule has 2 heteroatoms. The summed E-state index contributed by atoms with van der Waals surface area (Å²) in [6, 6.07) is 52.4. The van der Waals surface area contributed by atoms with Crippen molar-refractivity contribution >= 4 is 45.2 Å². The van der Waals surface area contributed by atoms with Crippen LogP contribution in [0.25, 0.3) is 22.4 Å². The Labute approximate surface area is 388 Å². The number of allylic oxidation sites excluding steroid dienone is 10. The van der Waals surface area contributed by atoms with E-state index in [2.05, 4.69) is 233 Å². The summed E-state index contributed by atoms with van der Waals surface area (Å²) in [4.78, 5) is 5.24. The quantitative estimate of drug-likeness (QED) is 0.107. The molecule has 0 aliphatic heterocycles. The maximum Gasteiger partial charge on any atom is 0.0601 e. The van der Waals surface area contributed by atoms with Gasteiger partial charge in [0.15, 0.2) is 0 Å². The lowest BCUT2D eigenvalue weighted by molar-refractivity contribution is 0.639. The maximum absolute atomic E-state index is 2.76. The minimum atomic E-state index is -0.112. The summed E-state index contributed by atoms with van der Waals surface area (Å²) in [5, 5.41) is 2.64. The van der Waals surface area contributed by atoms with Crippen LogP contribution in [0.15, 0.2) is 210 Å². The summed E-state index contributed by atoms with van der Waals surface area (Å²) in [7, 11) is 0. The molecule has 0 spiro atoms. The van der Waals surface area contributed by atoms with Crippen molar-refractivity contribution in [2.24, 2.45) is 0 Å². The molecule has 0 N–H and O–H groups in total. The fourth-order valence-corrected chi connectivity index (χ4v) is 11.3. The van der Waals surface area contributed by atoms with Gasteiger partial charge < -0.3 is 9.80 Å². The summed E-state index contributed by atoms with van der Waals surface area (Å²) >= 11 is 0. The van der Waals surface area contributed by atoms with Gasteiger partial charge in [-0.05, 0) is 155 Å². The van der Waals surface area contributed by atoms with Crippen molar-refractivity contribution in [3.05, 3.63) is 238 Å². The van der Waals surface area contributed by atoms with Crippen molar-refractivity contribution in [2.75, 3.05) is 9.80 Å². The number of hydrogen-bond donors (Lipinski definition) is 0. The van der Waals surface area contributed by atoms with E-state index >= 15 is 0 Å². The topological polar surface area (TPSA) is 6.48 Å². The number of anilines is 4. The molecule has 0 amide bonds. The summed E-state index contributed by atoms with van der Waals surface area (Å²) in [5.41, 5.74) is 20.7. The van der Waals surface area contributed by atoms with E-state index < -0.39 is 0 Å². The van der Waals surface area contributed by atoms with Gasteiger partial charge in [-0.1, -0.05) is 179 Å². The molecule has 2 unspecified atom stereocenters. The van der Waals surface area contributed by atoms with Crippen LogP contribution in [0.4, 0.5) is 22.7 Å². The Morgan fingerprint density at radius 2 is 1.45 bits per heavy atom. The molecule has 2 nitrogen and oxygen atoms in total. The fraction of sp³-hybridized carbons (Fsp3) is 0.238. The van der Waals surface area contributed by atoms with Gasteiger partial charge in [0.2, 0.25) is 0 Å². The zero-order chi connectivity index (χ0) is 44.5. The SMILES string of the molecule is C/C=C\C=C/C1=Cc2ccc(N(C3=CCCC=C3)C3CC(CCC)=C(CC(C)c4ccccc4)C4=C3Cc3c4cc(N(c4ccccc4)c4ccccc4)c4ccccc34)cc2C1(C)C. The van der Waals surface area contributed by atoms with Gasteiger partial charge >= 0.3 is 0 Å². The number of para-hydroxylation sites is 2. The summed E-state index contributed by atoms with van der Waals surface area (Å²) in [6.45, 7) is 11.7. The highest BCUT2D eigenvalue weighted by atomic mass is 15.2. The van der Waals surface area contributed by atoms with Crippen LogP contribution in [-0.4, -0.2) is 6.04 Å². The first-order chi connectivity index (χ1) is 31.9. The molecule has 2 atom stereocenters. The average molecular weight is 847 g/mol. The van der Waals surface area contributed by atoms with Crippen molar-refractivity contribution in [3.8, 4) is 0 Å². The second kappa shape index (κ2) is 18.1. The molecular formula is C63H62N2. The lowest BCUT2D eigenvalue weighted by atomic mass is 9.76. The van der Waals surface area contributed by atoms with Gasteiger partial charge in [-0.2, -0.15) is 0 Å². The predicted octanol–water partition coefficient (Wildman–Crippen LogP) is 17.2. The third-order valence-electron chi connectivity index (χ3n) is 14.5. The normalized spacial score (nSPS) is 18.0. The number of rotatable bonds is 13. The first-order valence-corrected chi connectivity index (χ1v) is 24.1. The van der Waals surface area contributed by atoms with E-state index in [-0.39, 0.29) is 11.5 Å². The van der Waals surface area contributed by atoms with Crippen molar-refractivity contribution in [1.29, 1.82) is 0 Å². The molecule has 0 bridgehead atoms. The molecule has 65 heavy (non-hydrogen) atoms. The van der Waals surface area contributed by atoms with Gasteiger partial charge in [-0.3, -0.25) is 0 Å². The van der Waals surface area contributed by atoms with Gasteiger partial charge in [0.05, 0.1) is 11.7 Å². The van der Waals surface area contributed by atoms with Crippen molar-refractivity contribution in [3.63, 3.8) is 0 Å². The van der Waals surface area contributed by atoms with Crippen molar-refractivity contribution < 1.29 is 0 Å². The maximum atomic E-state index is 2.76. The molecule has 0 radical (unpaired) electrons. The molecule has 0 aromatic heterocycles. The molecule has 0 saturated carbocycles. The zero-order valence-corrected chi connectivity index (χ0v) is 38.9. The van der Waals surface area contributed by atoms with Crippen LogP contribution in [0.3, 0.4) is 0 Å². The molecule has 0 heterocycles. The molecule has 10 rings (SSSR count). The molecule has 6 aromatic carbocycles. The Balaban J connectivity index is 1.20. The van der Waals surface area contributed by atoms with E-state index in [9.17, 15) is 0 Å². The van der Waals surface area contributed by atoms with Crippen LogP contribution in [-0.2, 0) is 11.8 Å². The van der Waals surface area contributed by atoms with Crippen LogP contribution in [0, 0.1) is 0 Å². The van der Waals surface area contributed by atoms with E-state index in [4.69, 9.17) is 0 Å². The predicted molar refractivity (Wildman–Crippen MR) is 279 cm³/mol. The Hall–Kier alpha value is -6.64. The molecule has 4 aliphatic carbocycles. The lowest BCUT2D eigenvalue weighted by Crippen LogP contribution is -2.39. The summed E-state index contributed by atoms with van der Waals surface area (Å²) in [5.74, 6) is 0.375. The summed E-state index contributed by atoms with van der Waals surface area (Å²) in [6.07, 6.45) is 25.7. The molecule has 324 valence electrons. The number of hydrogen-bond acceptors (Lipinski definition) is 2. The average Bonchev–Trinajstić information content (AvgIpc) is 3.85. The Kier molecular flexibility index (Phi) is 11.8. The first kappa shape index (κ1) is 42.3. The van der Waals surface area contributed by atoms with Gasteiger partial charge in [0, 0.05) is 33.6 Å². The van der Waals surface area contributed by atoms with Gasteiger partial charge in [0.25, 0.3) is 0 Å². The molecule has 6 aromatic rings. The minimum Gasteiger partial charge on any atom is -0.334 e. The summed E-state index contributed by atoms with van der Waals surface area (Å²) < 4.78 is 0. The van der Waals surface area contributed by atoms with Gasteiger partial charge in [-0.25, -0.2) is 0 Å². The van der Waals surface area contributed by atoms with Crippen LogP contribution >= 0.6 is 0 Å². The smallest absolute Gasteiger partial charge is 0.0601 e. The zero-order valence-electron chi connectivity index (χ0n) is 38.9. The van der Waals surface area contributed by atoms with E-state index in [1.54, 1.807) is 16.7 Å². The molecule has 0 fully saturated rings. The van der Waals surface area contributed by atoms with Crippen LogP contribution in [0.1, 0.15) is 107 Å². The van der Waals surface area contributed by atoms with E-state index in [0.29, 0.717) is 5.92 Å². The molecular weight excluding hydrogens is 785 g/mol. The largest absolute Gasteiger partial charge is 0.334 e. The Morgan fingerprint density at radius 3 is 2.12 bits per heavy atom. The van der Waals surface area contributed by atoms with Crippen molar-refractivity contribution in [1.82, 2.24) is 0 Å². The van der Waals surface area contributed by atoms with E-state index in [0.717, 1.165) is 56.3 Å². The van der Waals surface area contributed by atoms with E-state index in [1.807, 2.05) is 0 Å². The van der Waals surface area contributed by atoms with E-state index in [1.165, 1.54) is 66.8 Å². The standard InChI is InChI=1S/C63H62N2/c1-6-8-13-27-48-39-47-36-37-52(41-59(47)63(48,4)5)65(51-32-20-12-21-33-51)60-40-46(24-7-2)55(38-44(3)45-25-14-9-15-26-45)62-57-43-61(54-35-23-22-34-53(54)56(57)42-58(60)62)64(49-28-16-10-17-29-49)50-30-18-11-19-31-50/h6,8-11,13-20,22-23,25-37,39,41,43-44,60H,7,12,21,24,38,40,42H2,1-5H3/b8-6-,27-13-. The monoisotopic (exact) mass is 846 g/mol. The van der Waals surface area contributed by atoms with Crippen LogP contribution < -0.4 is 9.80 Å². The minimum absolute atomic E-state index is 0.112. The van der Waals surface area contributed by atoms with Crippen molar-refractivity contribution in [2.45, 2.75) is 96.9 Å². The van der Waals surface area contributed by atoms with Crippen LogP contribution in [0.2, 0.25) is 0 Å². The van der Waals surface area contributed by atoms with Gasteiger partial charge in [-0.15, -0.1) is 0 Å². The second-order valence-electron chi connectivity index (χ2n) is 19.0. The van der Waals surface area contributed by atoms with Gasteiger partial charge in [0.1, 0.15) is 0 Å². The number of benzene rings is 6. The first-order valence-electron chi connectivity index (χ1n) is 24.1. The molecule has 0 saturated heterocycles. The fourth-order valence-electron chi connectivity index (χ4n) is 11.3. The second-order valence-corrected chi connectivity index (χ2v) is 19.0. The Morgan fingerprint density at radius 1 is 0.754 bits per heavy atom. The van der Waals surface area contributed by atoms with Crippen LogP contribution in [0.5, 0.6) is 0 Å². The third-order valence-corrected chi connectivity index (χ3v) is 14.5.